The largest absolute Gasteiger partial charge is 0.480 e. The summed E-state index contributed by atoms with van der Waals surface area (Å²) in [4.78, 5) is 24.4. The van der Waals surface area contributed by atoms with Gasteiger partial charge in [-0.15, -0.1) is 0 Å². The number of nitrogens with one attached hydrogen (secondary N) is 1. The smallest absolute Gasteiger partial charge is 0.407 e. The second kappa shape index (κ2) is 11.8. The number of carboxylic acid groups (broad SMARTS) is 1. The summed E-state index contributed by atoms with van der Waals surface area (Å²) in [5.74, 6) is -1.23. The Kier molecular flexibility index (Phi) is 8.36. The molecule has 0 aromatic heterocycles. The van der Waals surface area contributed by atoms with E-state index in [1.807, 2.05) is 74.5 Å². The lowest BCUT2D eigenvalue weighted by Crippen LogP contribution is -2.42. The van der Waals surface area contributed by atoms with Crippen molar-refractivity contribution in [2.24, 2.45) is 0 Å². The van der Waals surface area contributed by atoms with Crippen LogP contribution < -0.4 is 5.32 Å². The predicted octanol–water partition coefficient (Wildman–Crippen LogP) is 5.29. The summed E-state index contributed by atoms with van der Waals surface area (Å²) in [6, 6.07) is 22.3. The molecule has 36 heavy (non-hydrogen) atoms. The highest BCUT2D eigenvalue weighted by Crippen LogP contribution is 2.44. The molecular weight excluding hydrogens is 458 g/mol. The van der Waals surface area contributed by atoms with Crippen molar-refractivity contribution in [3.63, 3.8) is 0 Å². The van der Waals surface area contributed by atoms with E-state index in [1.54, 1.807) is 0 Å². The molecule has 188 valence electrons. The number of carbonyl (C=O) groups is 2. The van der Waals surface area contributed by atoms with Crippen molar-refractivity contribution in [3.05, 3.63) is 95.1 Å². The van der Waals surface area contributed by atoms with Gasteiger partial charge < -0.3 is 24.6 Å². The molecule has 0 unspecified atom stereocenters. The molecular formula is C29H31NO6. The lowest BCUT2D eigenvalue weighted by Gasteiger charge is -2.19. The first kappa shape index (κ1) is 25.4. The second-order valence-corrected chi connectivity index (χ2v) is 8.55. The number of benzene rings is 3. The normalized spacial score (nSPS) is 13.2. The molecule has 7 heteroatoms. The minimum atomic E-state index is -1.13. The fourth-order valence-corrected chi connectivity index (χ4v) is 4.57. The zero-order valence-corrected chi connectivity index (χ0v) is 20.5. The average Bonchev–Trinajstić information content (AvgIpc) is 3.21. The highest BCUT2D eigenvalue weighted by atomic mass is 16.7. The molecule has 0 bridgehead atoms. The van der Waals surface area contributed by atoms with Crippen molar-refractivity contribution in [3.8, 4) is 11.1 Å². The molecule has 0 saturated heterocycles. The minimum Gasteiger partial charge on any atom is -0.480 e. The molecule has 0 radical (unpaired) electrons. The van der Waals surface area contributed by atoms with Gasteiger partial charge in [-0.05, 0) is 41.7 Å². The van der Waals surface area contributed by atoms with Crippen LogP contribution in [0, 0.1) is 0 Å². The molecule has 0 fully saturated rings. The van der Waals surface area contributed by atoms with Crippen molar-refractivity contribution < 1.29 is 28.9 Å². The Hall–Kier alpha value is -3.68. The lowest BCUT2D eigenvalue weighted by molar-refractivity contribution is -0.140. The van der Waals surface area contributed by atoms with E-state index in [2.05, 4.69) is 17.4 Å². The summed E-state index contributed by atoms with van der Waals surface area (Å²) in [6.45, 7) is 4.94. The Balaban J connectivity index is 1.38. The van der Waals surface area contributed by atoms with Gasteiger partial charge in [0.15, 0.2) is 6.29 Å². The van der Waals surface area contributed by atoms with Crippen LogP contribution >= 0.6 is 0 Å². The van der Waals surface area contributed by atoms with Gasteiger partial charge in [-0.3, -0.25) is 0 Å². The van der Waals surface area contributed by atoms with Crippen LogP contribution in [0.5, 0.6) is 0 Å². The first-order chi connectivity index (χ1) is 17.5. The van der Waals surface area contributed by atoms with Crippen LogP contribution in [0.25, 0.3) is 11.1 Å². The van der Waals surface area contributed by atoms with E-state index in [0.29, 0.717) is 13.2 Å². The van der Waals surface area contributed by atoms with Crippen LogP contribution in [0.3, 0.4) is 0 Å². The van der Waals surface area contributed by atoms with Gasteiger partial charge in [0.05, 0.1) is 0 Å². The minimum absolute atomic E-state index is 0.0948. The number of alkyl carbamates (subject to hydrolysis) is 1. The van der Waals surface area contributed by atoms with Gasteiger partial charge in [0.1, 0.15) is 12.6 Å². The Bertz CT molecular complexity index is 1140. The number of fused-ring (bicyclic) bond motifs is 3. The summed E-state index contributed by atoms with van der Waals surface area (Å²) in [6.07, 6.45) is -1.11. The van der Waals surface area contributed by atoms with Gasteiger partial charge in [-0.25, -0.2) is 9.59 Å². The van der Waals surface area contributed by atoms with Crippen molar-refractivity contribution in [2.45, 2.75) is 38.5 Å². The van der Waals surface area contributed by atoms with E-state index in [4.69, 9.17) is 14.2 Å². The van der Waals surface area contributed by atoms with Crippen LogP contribution in [0.1, 0.15) is 48.3 Å². The molecule has 3 aromatic carbocycles. The molecule has 1 atom stereocenters. The quantitative estimate of drug-likeness (QED) is 0.355. The molecule has 3 aromatic rings. The van der Waals surface area contributed by atoms with Crippen LogP contribution in [0.4, 0.5) is 4.79 Å². The third-order valence-corrected chi connectivity index (χ3v) is 6.26. The molecule has 0 spiro atoms. The van der Waals surface area contributed by atoms with Gasteiger partial charge >= 0.3 is 12.1 Å². The fourth-order valence-electron chi connectivity index (χ4n) is 4.57. The number of aliphatic carboxylic acids is 1. The topological polar surface area (TPSA) is 94.1 Å². The number of rotatable bonds is 11. The van der Waals surface area contributed by atoms with Gasteiger partial charge in [0.2, 0.25) is 0 Å². The highest BCUT2D eigenvalue weighted by molar-refractivity contribution is 5.81. The van der Waals surface area contributed by atoms with Crippen LogP contribution in [-0.4, -0.2) is 43.0 Å². The van der Waals surface area contributed by atoms with Crippen molar-refractivity contribution in [2.75, 3.05) is 19.8 Å². The van der Waals surface area contributed by atoms with Crippen molar-refractivity contribution in [1.82, 2.24) is 5.32 Å². The predicted molar refractivity (Wildman–Crippen MR) is 136 cm³/mol. The first-order valence-electron chi connectivity index (χ1n) is 12.2. The van der Waals surface area contributed by atoms with Crippen molar-refractivity contribution >= 4 is 12.1 Å². The number of ether oxygens (including phenoxy) is 3. The maximum atomic E-state index is 12.6. The van der Waals surface area contributed by atoms with Gasteiger partial charge in [-0.2, -0.15) is 0 Å². The van der Waals surface area contributed by atoms with Crippen LogP contribution in [0.15, 0.2) is 72.8 Å². The Morgan fingerprint density at radius 1 is 0.861 bits per heavy atom. The van der Waals surface area contributed by atoms with Crippen LogP contribution in [0.2, 0.25) is 0 Å². The zero-order chi connectivity index (χ0) is 25.5. The molecule has 1 aliphatic rings. The third kappa shape index (κ3) is 5.75. The third-order valence-electron chi connectivity index (χ3n) is 6.26. The highest BCUT2D eigenvalue weighted by Gasteiger charge is 2.29. The van der Waals surface area contributed by atoms with Crippen LogP contribution in [-0.2, 0) is 25.4 Å². The van der Waals surface area contributed by atoms with E-state index in [-0.39, 0.29) is 18.9 Å². The molecule has 2 N–H and O–H groups in total. The summed E-state index contributed by atoms with van der Waals surface area (Å²) < 4.78 is 16.7. The van der Waals surface area contributed by atoms with Gasteiger partial charge in [0, 0.05) is 31.1 Å². The fraction of sp³-hybridized carbons (Fsp3) is 0.310. The molecule has 4 rings (SSSR count). The molecule has 0 aliphatic heterocycles. The number of hydrogen-bond acceptors (Lipinski definition) is 5. The molecule has 0 heterocycles. The van der Waals surface area contributed by atoms with E-state index in [9.17, 15) is 14.7 Å². The van der Waals surface area contributed by atoms with Gasteiger partial charge in [-0.1, -0.05) is 72.8 Å². The summed E-state index contributed by atoms with van der Waals surface area (Å²) in [5, 5.41) is 12.2. The summed E-state index contributed by atoms with van der Waals surface area (Å²) in [7, 11) is 0. The van der Waals surface area contributed by atoms with Gasteiger partial charge in [0.25, 0.3) is 0 Å². The molecule has 0 saturated carbocycles. The SMILES string of the molecule is CCOC(OCC)c1ccc(C[C@@H](NC(=O)OCC2c3ccccc3-c3ccccc32)C(=O)O)cc1. The van der Waals surface area contributed by atoms with E-state index >= 15 is 0 Å². The standard InChI is InChI=1S/C29H31NO6/c1-3-34-28(35-4-2)20-15-13-19(14-16-20)17-26(27(31)32)30-29(33)36-18-25-23-11-7-5-9-21(23)22-10-6-8-12-24(22)25/h5-16,25-26,28H,3-4,17-18H2,1-2H3,(H,30,33)(H,31,32)/t26-/m1/s1. The number of hydrogen-bond donors (Lipinski definition) is 2. The number of carboxylic acids is 1. The first-order valence-corrected chi connectivity index (χ1v) is 12.2. The Morgan fingerprint density at radius 2 is 1.42 bits per heavy atom. The number of carbonyl (C=O) groups excluding carboxylic acids is 1. The monoisotopic (exact) mass is 489 g/mol. The van der Waals surface area contributed by atoms with E-state index in [1.165, 1.54) is 0 Å². The average molecular weight is 490 g/mol. The van der Waals surface area contributed by atoms with E-state index in [0.717, 1.165) is 33.4 Å². The maximum absolute atomic E-state index is 12.6. The molecule has 1 aliphatic carbocycles. The summed E-state index contributed by atoms with van der Waals surface area (Å²) >= 11 is 0. The maximum Gasteiger partial charge on any atom is 0.407 e. The summed E-state index contributed by atoms with van der Waals surface area (Å²) in [5.41, 5.74) is 6.06. The Labute approximate surface area is 211 Å². The molecule has 1 amide bonds. The number of amides is 1. The zero-order valence-electron chi connectivity index (χ0n) is 20.5. The second-order valence-electron chi connectivity index (χ2n) is 8.55. The lowest BCUT2D eigenvalue weighted by atomic mass is 9.98. The van der Waals surface area contributed by atoms with Crippen molar-refractivity contribution in [1.29, 1.82) is 0 Å². The molecule has 7 nitrogen and oxygen atoms in total. The van der Waals surface area contributed by atoms with E-state index < -0.39 is 24.4 Å². The Morgan fingerprint density at radius 3 is 1.94 bits per heavy atom.